The van der Waals surface area contributed by atoms with Crippen LogP contribution in [0.1, 0.15) is 34.1 Å². The third kappa shape index (κ3) is 3.67. The molecule has 1 amide bonds. The van der Waals surface area contributed by atoms with Gasteiger partial charge in [0.25, 0.3) is 0 Å². The van der Waals surface area contributed by atoms with E-state index in [0.29, 0.717) is 10.7 Å². The molecule has 0 aromatic rings. The van der Waals surface area contributed by atoms with Crippen LogP contribution in [0.4, 0.5) is 4.79 Å². The van der Waals surface area contributed by atoms with E-state index in [-0.39, 0.29) is 6.09 Å². The second-order valence-electron chi connectivity index (χ2n) is 5.07. The molecule has 1 heterocycles. The van der Waals surface area contributed by atoms with Crippen LogP contribution in [-0.2, 0) is 4.74 Å². The molecule has 1 saturated heterocycles. The minimum Gasteiger partial charge on any atom is -0.444 e. The second-order valence-corrected chi connectivity index (χ2v) is 6.25. The second kappa shape index (κ2) is 4.73. The van der Waals surface area contributed by atoms with E-state index in [2.05, 4.69) is 22.9 Å². The van der Waals surface area contributed by atoms with E-state index in [4.69, 9.17) is 4.74 Å². The minimum atomic E-state index is -0.400. The van der Waals surface area contributed by atoms with Crippen molar-refractivity contribution in [1.82, 2.24) is 4.90 Å². The van der Waals surface area contributed by atoms with Crippen LogP contribution in [0.25, 0.3) is 0 Å². The quantitative estimate of drug-likeness (QED) is 0.690. The normalized spacial score (nSPS) is 26.9. The molecule has 3 nitrogen and oxygen atoms in total. The summed E-state index contributed by atoms with van der Waals surface area (Å²) in [5.41, 5.74) is -0.400. The molecule has 15 heavy (non-hydrogen) atoms. The summed E-state index contributed by atoms with van der Waals surface area (Å²) in [6, 6.07) is 0. The summed E-state index contributed by atoms with van der Waals surface area (Å²) in [4.78, 5) is 14.0. The standard InChI is InChI=1S/C11H20BrNO2/c1-5-8-6-13(7-9(8)12)10(14)15-11(2,3)4/h8-9H,5-7H2,1-4H3. The Balaban J connectivity index is 2.50. The number of ether oxygens (including phenoxy) is 1. The number of nitrogens with zero attached hydrogens (tertiary/aromatic N) is 1. The fourth-order valence-corrected chi connectivity index (χ4v) is 2.58. The van der Waals surface area contributed by atoms with E-state index in [1.165, 1.54) is 0 Å². The first-order chi connectivity index (χ1) is 6.83. The lowest BCUT2D eigenvalue weighted by Gasteiger charge is -2.24. The van der Waals surface area contributed by atoms with Gasteiger partial charge >= 0.3 is 6.09 Å². The van der Waals surface area contributed by atoms with E-state index < -0.39 is 5.60 Å². The number of likely N-dealkylation sites (tertiary alicyclic amines) is 1. The number of halogens is 1. The molecule has 88 valence electrons. The molecule has 1 aliphatic heterocycles. The predicted octanol–water partition coefficient (Wildman–Crippen LogP) is 3.03. The SMILES string of the molecule is CCC1CN(C(=O)OC(C)(C)C)CC1Br. The van der Waals surface area contributed by atoms with Gasteiger partial charge in [-0.3, -0.25) is 0 Å². The zero-order valence-corrected chi connectivity index (χ0v) is 11.5. The average Bonchev–Trinajstić information content (AvgIpc) is 2.43. The zero-order chi connectivity index (χ0) is 11.6. The van der Waals surface area contributed by atoms with Crippen molar-refractivity contribution >= 4 is 22.0 Å². The van der Waals surface area contributed by atoms with Crippen molar-refractivity contribution < 1.29 is 9.53 Å². The maximum Gasteiger partial charge on any atom is 0.410 e. The first-order valence-electron chi connectivity index (χ1n) is 5.45. The topological polar surface area (TPSA) is 29.5 Å². The van der Waals surface area contributed by atoms with Crippen molar-refractivity contribution in [2.24, 2.45) is 5.92 Å². The van der Waals surface area contributed by atoms with Gasteiger partial charge in [0.05, 0.1) is 0 Å². The first kappa shape index (κ1) is 12.8. The molecule has 0 bridgehead atoms. The first-order valence-corrected chi connectivity index (χ1v) is 6.37. The zero-order valence-electron chi connectivity index (χ0n) is 9.92. The lowest BCUT2D eigenvalue weighted by Crippen LogP contribution is -2.35. The molecule has 0 aromatic heterocycles. The molecule has 0 aliphatic carbocycles. The molecule has 1 rings (SSSR count). The molecule has 0 N–H and O–H groups in total. The highest BCUT2D eigenvalue weighted by Crippen LogP contribution is 2.27. The van der Waals surface area contributed by atoms with Crippen molar-refractivity contribution in [2.45, 2.75) is 44.5 Å². The van der Waals surface area contributed by atoms with E-state index in [1.807, 2.05) is 20.8 Å². The smallest absolute Gasteiger partial charge is 0.410 e. The van der Waals surface area contributed by atoms with E-state index in [1.54, 1.807) is 4.90 Å². The van der Waals surface area contributed by atoms with Crippen molar-refractivity contribution in [1.29, 1.82) is 0 Å². The Morgan fingerprint density at radius 3 is 2.47 bits per heavy atom. The van der Waals surface area contributed by atoms with Gasteiger partial charge in [-0.2, -0.15) is 0 Å². The molecule has 0 radical (unpaired) electrons. The molecule has 0 spiro atoms. The maximum atomic E-state index is 11.8. The molecular formula is C11H20BrNO2. The summed E-state index contributed by atoms with van der Waals surface area (Å²) in [5, 5.41) is 0. The molecule has 1 fully saturated rings. The van der Waals surface area contributed by atoms with Gasteiger partial charge in [-0.25, -0.2) is 4.79 Å². The summed E-state index contributed by atoms with van der Waals surface area (Å²) in [6.07, 6.45) is 0.901. The fraction of sp³-hybridized carbons (Fsp3) is 0.909. The van der Waals surface area contributed by atoms with Crippen LogP contribution < -0.4 is 0 Å². The van der Waals surface area contributed by atoms with Crippen LogP contribution in [0.15, 0.2) is 0 Å². The minimum absolute atomic E-state index is 0.192. The third-order valence-electron chi connectivity index (χ3n) is 2.54. The lowest BCUT2D eigenvalue weighted by molar-refractivity contribution is 0.0288. The maximum absolute atomic E-state index is 11.8. The van der Waals surface area contributed by atoms with E-state index >= 15 is 0 Å². The summed E-state index contributed by atoms with van der Waals surface area (Å²) in [7, 11) is 0. The Kier molecular flexibility index (Phi) is 4.04. The molecule has 2 atom stereocenters. The summed E-state index contributed by atoms with van der Waals surface area (Å²) in [6.45, 7) is 9.39. The number of hydrogen-bond acceptors (Lipinski definition) is 2. The Bertz CT molecular complexity index is 237. The Labute approximate surface area is 100 Å². The van der Waals surface area contributed by atoms with Crippen LogP contribution in [0.5, 0.6) is 0 Å². The van der Waals surface area contributed by atoms with Crippen LogP contribution in [0, 0.1) is 5.92 Å². The summed E-state index contributed by atoms with van der Waals surface area (Å²) >= 11 is 3.60. The fourth-order valence-electron chi connectivity index (χ4n) is 1.69. The monoisotopic (exact) mass is 277 g/mol. The number of amides is 1. The van der Waals surface area contributed by atoms with Gasteiger partial charge < -0.3 is 9.64 Å². The summed E-state index contributed by atoms with van der Waals surface area (Å²) in [5.74, 6) is 0.553. The number of carbonyl (C=O) groups excluding carboxylic acids is 1. The van der Waals surface area contributed by atoms with Gasteiger partial charge in [-0.1, -0.05) is 29.3 Å². The summed E-state index contributed by atoms with van der Waals surface area (Å²) < 4.78 is 5.33. The molecular weight excluding hydrogens is 258 g/mol. The van der Waals surface area contributed by atoms with Crippen LogP contribution in [0.2, 0.25) is 0 Å². The van der Waals surface area contributed by atoms with Crippen molar-refractivity contribution in [3.63, 3.8) is 0 Å². The Hall–Kier alpha value is -0.250. The highest BCUT2D eigenvalue weighted by atomic mass is 79.9. The molecule has 0 saturated carbocycles. The predicted molar refractivity (Wildman–Crippen MR) is 64.3 cm³/mol. The molecule has 1 aliphatic rings. The van der Waals surface area contributed by atoms with Crippen molar-refractivity contribution in [3.05, 3.63) is 0 Å². The van der Waals surface area contributed by atoms with Gasteiger partial charge in [0.15, 0.2) is 0 Å². The number of rotatable bonds is 1. The van der Waals surface area contributed by atoms with Crippen LogP contribution >= 0.6 is 15.9 Å². The van der Waals surface area contributed by atoms with Gasteiger partial charge in [0, 0.05) is 17.9 Å². The largest absolute Gasteiger partial charge is 0.444 e. The number of alkyl halides is 1. The third-order valence-corrected chi connectivity index (χ3v) is 3.57. The van der Waals surface area contributed by atoms with Gasteiger partial charge in [-0.15, -0.1) is 0 Å². The Morgan fingerprint density at radius 1 is 1.47 bits per heavy atom. The van der Waals surface area contributed by atoms with Gasteiger partial charge in [0.1, 0.15) is 5.60 Å². The van der Waals surface area contributed by atoms with Crippen LogP contribution in [-0.4, -0.2) is 34.5 Å². The number of carbonyl (C=O) groups is 1. The average molecular weight is 278 g/mol. The Morgan fingerprint density at radius 2 is 2.07 bits per heavy atom. The van der Waals surface area contributed by atoms with E-state index in [0.717, 1.165) is 19.5 Å². The van der Waals surface area contributed by atoms with E-state index in [9.17, 15) is 4.79 Å². The van der Waals surface area contributed by atoms with Crippen molar-refractivity contribution in [2.75, 3.05) is 13.1 Å². The number of hydrogen-bond donors (Lipinski definition) is 0. The molecule has 2 unspecified atom stereocenters. The van der Waals surface area contributed by atoms with Gasteiger partial charge in [0.2, 0.25) is 0 Å². The van der Waals surface area contributed by atoms with Gasteiger partial charge in [-0.05, 0) is 26.7 Å². The highest BCUT2D eigenvalue weighted by molar-refractivity contribution is 9.09. The molecule has 4 heteroatoms. The highest BCUT2D eigenvalue weighted by Gasteiger charge is 2.34. The molecule has 0 aromatic carbocycles. The lowest BCUT2D eigenvalue weighted by atomic mass is 10.1. The van der Waals surface area contributed by atoms with Crippen molar-refractivity contribution in [3.8, 4) is 0 Å². The van der Waals surface area contributed by atoms with Crippen LogP contribution in [0.3, 0.4) is 0 Å².